The first kappa shape index (κ1) is 35.9. The van der Waals surface area contributed by atoms with Crippen LogP contribution < -0.4 is 20.9 Å². The lowest BCUT2D eigenvalue weighted by atomic mass is 9.86. The fraction of sp³-hybridized carbons (Fsp3) is 0.571. The van der Waals surface area contributed by atoms with E-state index in [1.54, 1.807) is 11.0 Å². The Bertz CT molecular complexity index is 1430. The summed E-state index contributed by atoms with van der Waals surface area (Å²) in [4.78, 5) is 34.2. The van der Waals surface area contributed by atoms with E-state index in [9.17, 15) is 23.8 Å². The van der Waals surface area contributed by atoms with Crippen LogP contribution in [-0.4, -0.2) is 67.0 Å². The molecule has 0 spiro atoms. The summed E-state index contributed by atoms with van der Waals surface area (Å²) < 4.78 is 34.9. The van der Waals surface area contributed by atoms with Crippen LogP contribution in [0.1, 0.15) is 96.0 Å². The third-order valence-electron chi connectivity index (χ3n) is 8.57. The number of ether oxygens (including phenoxy) is 1. The molecule has 2 aliphatic rings. The first-order valence-electron chi connectivity index (χ1n) is 16.6. The minimum Gasteiger partial charge on any atom is -0.385 e. The molecule has 0 bridgehead atoms. The van der Waals surface area contributed by atoms with Gasteiger partial charge in [0.2, 0.25) is 12.3 Å². The maximum atomic E-state index is 14.7. The molecule has 12 heteroatoms. The monoisotopic (exact) mass is 653 g/mol. The van der Waals surface area contributed by atoms with Crippen LogP contribution in [0.5, 0.6) is 0 Å². The van der Waals surface area contributed by atoms with E-state index >= 15 is 0 Å². The number of rotatable bonds is 13. The van der Waals surface area contributed by atoms with E-state index in [0.29, 0.717) is 73.8 Å². The molecule has 1 atom stereocenters. The van der Waals surface area contributed by atoms with Crippen LogP contribution in [0.4, 0.5) is 14.5 Å². The second-order valence-corrected chi connectivity index (χ2v) is 13.6. The average molecular weight is 654 g/mol. The van der Waals surface area contributed by atoms with E-state index in [1.807, 2.05) is 20.8 Å². The number of nitrogens with zero attached hydrogens (tertiary/aromatic N) is 3. The topological polar surface area (TPSA) is 132 Å². The van der Waals surface area contributed by atoms with E-state index in [-0.39, 0.29) is 47.6 Å². The van der Waals surface area contributed by atoms with Gasteiger partial charge >= 0.3 is 0 Å². The zero-order valence-corrected chi connectivity index (χ0v) is 28.2. The number of aromatic nitrogens is 2. The van der Waals surface area contributed by atoms with Crippen molar-refractivity contribution in [1.29, 1.82) is 5.41 Å². The highest BCUT2D eigenvalue weighted by atomic mass is 19.3. The van der Waals surface area contributed by atoms with E-state index in [4.69, 9.17) is 4.74 Å². The fourth-order valence-corrected chi connectivity index (χ4v) is 5.95. The Labute approximate surface area is 276 Å². The highest BCUT2D eigenvalue weighted by molar-refractivity contribution is 6.09. The molecule has 3 heterocycles. The largest absolute Gasteiger partial charge is 0.385 e. The predicted octanol–water partition coefficient (Wildman–Crippen LogP) is 5.65. The Balaban J connectivity index is 1.68. The molecule has 1 saturated heterocycles. The molecule has 10 nitrogen and oxygen atoms in total. The van der Waals surface area contributed by atoms with Gasteiger partial charge < -0.3 is 25.6 Å². The van der Waals surface area contributed by atoms with E-state index in [2.05, 4.69) is 39.8 Å². The van der Waals surface area contributed by atoms with E-state index in [0.717, 1.165) is 30.5 Å². The lowest BCUT2D eigenvalue weighted by Crippen LogP contribution is -2.42. The molecule has 0 radical (unpaired) electrons. The normalized spacial score (nSPS) is 17.5. The molecule has 4 N–H and O–H groups in total. The van der Waals surface area contributed by atoms with Crippen LogP contribution in [0.15, 0.2) is 35.8 Å². The average Bonchev–Trinajstić information content (AvgIpc) is 3.04. The van der Waals surface area contributed by atoms with Crippen molar-refractivity contribution in [2.45, 2.75) is 91.5 Å². The maximum Gasteiger partial charge on any atom is 0.264 e. The van der Waals surface area contributed by atoms with Crippen molar-refractivity contribution in [3.63, 3.8) is 0 Å². The number of benzene rings is 1. The molecule has 1 fully saturated rings. The Kier molecular flexibility index (Phi) is 12.4. The highest BCUT2D eigenvalue weighted by Crippen LogP contribution is 2.43. The molecular formula is C35H49F2N7O3. The summed E-state index contributed by atoms with van der Waals surface area (Å²) in [5, 5.41) is 18.6. The summed E-state index contributed by atoms with van der Waals surface area (Å²) in [6.45, 7) is 12.6. The number of allylic oxidation sites excluding steroid dienone is 1. The molecule has 1 unspecified atom stereocenters. The van der Waals surface area contributed by atoms with Gasteiger partial charge in [-0.05, 0) is 60.3 Å². The van der Waals surface area contributed by atoms with Crippen LogP contribution in [-0.2, 0) is 20.7 Å². The highest BCUT2D eigenvalue weighted by Gasteiger charge is 2.31. The number of carbonyl (C=O) groups excluding carboxylic acids is 2. The number of amides is 2. The second-order valence-electron chi connectivity index (χ2n) is 13.6. The van der Waals surface area contributed by atoms with Gasteiger partial charge in [-0.3, -0.25) is 15.0 Å². The zero-order valence-electron chi connectivity index (χ0n) is 28.2. The van der Waals surface area contributed by atoms with Gasteiger partial charge in [-0.25, -0.2) is 18.7 Å². The quantitative estimate of drug-likeness (QED) is 0.125. The summed E-state index contributed by atoms with van der Waals surface area (Å²) in [7, 11) is 0. The van der Waals surface area contributed by atoms with Crippen LogP contribution in [0.2, 0.25) is 0 Å². The summed E-state index contributed by atoms with van der Waals surface area (Å²) >= 11 is 0. The lowest BCUT2D eigenvalue weighted by molar-refractivity contribution is -0.121. The number of nitrogens with one attached hydrogen (secondary N) is 4. The van der Waals surface area contributed by atoms with E-state index < -0.39 is 6.43 Å². The SMILES string of the molecule is CCC/C(NC1CCOCC1)=C(\CNC=O)C(=N)N1CCC(C)c2cc(-c3cnc(CC(=O)NCC(C)(C)C)nc3)c(C(F)F)cc21. The number of hydrogen-bond donors (Lipinski definition) is 4. The van der Waals surface area contributed by atoms with Gasteiger partial charge in [0.25, 0.3) is 6.43 Å². The smallest absolute Gasteiger partial charge is 0.264 e. The van der Waals surface area contributed by atoms with Gasteiger partial charge in [0.1, 0.15) is 11.7 Å². The number of halogens is 2. The number of alkyl halides is 2. The van der Waals surface area contributed by atoms with Gasteiger partial charge in [-0.15, -0.1) is 0 Å². The van der Waals surface area contributed by atoms with Gasteiger partial charge in [-0.2, -0.15) is 0 Å². The molecule has 47 heavy (non-hydrogen) atoms. The molecule has 2 amide bonds. The maximum absolute atomic E-state index is 14.7. The molecule has 1 aromatic carbocycles. The van der Waals surface area contributed by atoms with Crippen LogP contribution >= 0.6 is 0 Å². The Hall–Kier alpha value is -3.93. The second kappa shape index (κ2) is 16.3. The molecule has 2 aromatic rings. The van der Waals surface area contributed by atoms with Crippen molar-refractivity contribution in [2.24, 2.45) is 5.41 Å². The first-order valence-corrected chi connectivity index (χ1v) is 16.6. The molecule has 1 aromatic heterocycles. The predicted molar refractivity (Wildman–Crippen MR) is 180 cm³/mol. The third-order valence-corrected chi connectivity index (χ3v) is 8.57. The number of amidine groups is 1. The summed E-state index contributed by atoms with van der Waals surface area (Å²) in [5.41, 5.74) is 3.46. The van der Waals surface area contributed by atoms with Crippen molar-refractivity contribution in [2.75, 3.05) is 37.7 Å². The molecule has 0 saturated carbocycles. The number of fused-ring (bicyclic) bond motifs is 1. The van der Waals surface area contributed by atoms with Crippen molar-refractivity contribution in [1.82, 2.24) is 25.9 Å². The van der Waals surface area contributed by atoms with Gasteiger partial charge in [0, 0.05) is 79.4 Å². The minimum atomic E-state index is -2.79. The van der Waals surface area contributed by atoms with Crippen molar-refractivity contribution in [3.8, 4) is 11.1 Å². The summed E-state index contributed by atoms with van der Waals surface area (Å²) in [6, 6.07) is 3.46. The molecule has 256 valence electrons. The zero-order chi connectivity index (χ0) is 34.1. The minimum absolute atomic E-state index is 0.00539. The lowest BCUT2D eigenvalue weighted by Gasteiger charge is -2.37. The number of carbonyl (C=O) groups is 2. The molecule has 0 aliphatic carbocycles. The Morgan fingerprint density at radius 2 is 1.87 bits per heavy atom. The summed E-state index contributed by atoms with van der Waals surface area (Å²) in [6.07, 6.45) is 4.72. The van der Waals surface area contributed by atoms with Crippen molar-refractivity contribution in [3.05, 3.63) is 52.7 Å². The van der Waals surface area contributed by atoms with Gasteiger partial charge in [-0.1, -0.05) is 41.0 Å². The number of anilines is 1. The Morgan fingerprint density at radius 3 is 2.49 bits per heavy atom. The molecule has 4 rings (SSSR count). The van der Waals surface area contributed by atoms with Gasteiger partial charge in [0.15, 0.2) is 0 Å². The first-order chi connectivity index (χ1) is 22.4. The van der Waals surface area contributed by atoms with Crippen LogP contribution in [0.3, 0.4) is 0 Å². The molecule has 2 aliphatic heterocycles. The van der Waals surface area contributed by atoms with Gasteiger partial charge in [0.05, 0.1) is 6.42 Å². The Morgan fingerprint density at radius 1 is 1.17 bits per heavy atom. The number of hydrogen-bond acceptors (Lipinski definition) is 7. The van der Waals surface area contributed by atoms with E-state index in [1.165, 1.54) is 18.5 Å². The van der Waals surface area contributed by atoms with Crippen LogP contribution in [0.25, 0.3) is 11.1 Å². The third kappa shape index (κ3) is 9.56. The van der Waals surface area contributed by atoms with Crippen molar-refractivity contribution >= 4 is 23.8 Å². The van der Waals surface area contributed by atoms with Crippen LogP contribution in [0, 0.1) is 10.8 Å². The van der Waals surface area contributed by atoms with Crippen molar-refractivity contribution < 1.29 is 23.1 Å². The molecular weight excluding hydrogens is 604 g/mol. The standard InChI is InChI=1S/C35H49F2N7O3/c1-6-7-29(43-24-9-12-47-13-10-24)28(19-39-21-45)34(38)44-11-8-22(2)25-14-26(27(33(36)37)15-30(25)44)23-17-40-31(41-18-23)16-32(46)42-20-35(3,4)5/h14-15,17-18,21-22,24,33,38,43H,6-13,16,19-20H2,1-5H3,(H,39,45)(H,42,46)/b29-28-,38-34?. The summed E-state index contributed by atoms with van der Waals surface area (Å²) in [5.74, 6) is 0.348. The fourth-order valence-electron chi connectivity index (χ4n) is 5.95.